The molecular weight excluding hydrogens is 478 g/mol. The molecule has 1 aliphatic carbocycles. The van der Waals surface area contributed by atoms with Crippen LogP contribution in [-0.4, -0.2) is 47.6 Å². The Morgan fingerprint density at radius 2 is 1.81 bits per heavy atom. The molecule has 1 saturated heterocycles. The molecule has 0 N–H and O–H groups in total. The number of hydrogen-bond acceptors (Lipinski definition) is 5. The van der Waals surface area contributed by atoms with E-state index in [2.05, 4.69) is 30.5 Å². The van der Waals surface area contributed by atoms with Crippen molar-refractivity contribution in [3.05, 3.63) is 60.2 Å². The summed E-state index contributed by atoms with van der Waals surface area (Å²) < 4.78 is 34.9. The SMILES string of the molecule is CC1(C)C[C@@H]2C[C@@](C)(CN2C(=O)COC(=O)c2cc(-c3ccc(OC(F)F)cc3)nc3ccccc23)C1. The van der Waals surface area contributed by atoms with Crippen LogP contribution >= 0.6 is 0 Å². The molecule has 2 aliphatic rings. The first kappa shape index (κ1) is 25.1. The van der Waals surface area contributed by atoms with Crippen LogP contribution in [0.1, 0.15) is 50.4 Å². The number of alkyl halides is 2. The van der Waals surface area contributed by atoms with Crippen molar-refractivity contribution in [2.75, 3.05) is 13.2 Å². The maximum Gasteiger partial charge on any atom is 0.387 e. The molecule has 194 valence electrons. The van der Waals surface area contributed by atoms with Crippen molar-refractivity contribution in [3.8, 4) is 17.0 Å². The van der Waals surface area contributed by atoms with Crippen LogP contribution in [0.3, 0.4) is 0 Å². The summed E-state index contributed by atoms with van der Waals surface area (Å²) in [5, 5.41) is 0.604. The second-order valence-corrected chi connectivity index (χ2v) is 11.3. The number of carbonyl (C=O) groups is 2. The number of ether oxygens (including phenoxy) is 2. The van der Waals surface area contributed by atoms with Gasteiger partial charge in [-0.15, -0.1) is 0 Å². The molecule has 2 atom stereocenters. The molecule has 8 heteroatoms. The number of para-hydroxylation sites is 1. The number of hydrogen-bond donors (Lipinski definition) is 0. The van der Waals surface area contributed by atoms with Gasteiger partial charge in [0.2, 0.25) is 0 Å². The van der Waals surface area contributed by atoms with E-state index in [4.69, 9.17) is 4.74 Å². The molecule has 0 spiro atoms. The van der Waals surface area contributed by atoms with Crippen molar-refractivity contribution in [1.29, 1.82) is 0 Å². The number of nitrogens with zero attached hydrogens (tertiary/aromatic N) is 2. The Kier molecular flexibility index (Phi) is 6.38. The number of benzene rings is 2. The fourth-order valence-electron chi connectivity index (χ4n) is 6.34. The average Bonchev–Trinajstić information content (AvgIpc) is 3.10. The van der Waals surface area contributed by atoms with Crippen LogP contribution in [0.15, 0.2) is 54.6 Å². The van der Waals surface area contributed by atoms with Crippen LogP contribution in [0.4, 0.5) is 8.78 Å². The van der Waals surface area contributed by atoms with Gasteiger partial charge in [0.05, 0.1) is 16.8 Å². The number of rotatable bonds is 6. The average molecular weight is 509 g/mol. The zero-order valence-corrected chi connectivity index (χ0v) is 21.2. The predicted molar refractivity (Wildman–Crippen MR) is 135 cm³/mol. The van der Waals surface area contributed by atoms with E-state index >= 15 is 0 Å². The summed E-state index contributed by atoms with van der Waals surface area (Å²) in [6.07, 6.45) is 3.00. The molecule has 2 bridgehead atoms. The monoisotopic (exact) mass is 508 g/mol. The van der Waals surface area contributed by atoms with E-state index in [0.29, 0.717) is 28.7 Å². The first-order valence-corrected chi connectivity index (χ1v) is 12.4. The topological polar surface area (TPSA) is 68.7 Å². The van der Waals surface area contributed by atoms with Crippen LogP contribution < -0.4 is 4.74 Å². The standard InChI is InChI=1S/C29H30F2N2O4/c1-28(2)13-19-14-29(3,16-28)17-33(19)25(34)15-36-26(35)22-12-24(32-23-7-5-4-6-21(22)23)18-8-10-20(11-9-18)37-27(30)31/h4-12,19,27H,13-17H2,1-3H3/t19-,29-/m1/s1. The fraction of sp³-hybridized carbons (Fsp3) is 0.414. The fourth-order valence-corrected chi connectivity index (χ4v) is 6.34. The van der Waals surface area contributed by atoms with Gasteiger partial charge < -0.3 is 14.4 Å². The number of aromatic nitrogens is 1. The van der Waals surface area contributed by atoms with Crippen LogP contribution in [0, 0.1) is 10.8 Å². The Balaban J connectivity index is 1.35. The number of halogens is 2. The van der Waals surface area contributed by atoms with E-state index in [1.165, 1.54) is 12.1 Å². The smallest absolute Gasteiger partial charge is 0.387 e. The Labute approximate surface area is 214 Å². The predicted octanol–water partition coefficient (Wildman–Crippen LogP) is 6.09. The van der Waals surface area contributed by atoms with E-state index in [1.54, 1.807) is 36.4 Å². The second kappa shape index (κ2) is 9.39. The third kappa shape index (κ3) is 5.29. The molecular formula is C29H30F2N2O4. The number of fused-ring (bicyclic) bond motifs is 3. The van der Waals surface area contributed by atoms with Gasteiger partial charge in [-0.1, -0.05) is 39.0 Å². The van der Waals surface area contributed by atoms with Crippen LogP contribution in [0.25, 0.3) is 22.2 Å². The summed E-state index contributed by atoms with van der Waals surface area (Å²) in [5.74, 6) is -0.756. The number of amides is 1. The van der Waals surface area contributed by atoms with E-state index in [0.717, 1.165) is 19.3 Å². The van der Waals surface area contributed by atoms with E-state index < -0.39 is 12.6 Å². The Morgan fingerprint density at radius 1 is 1.08 bits per heavy atom. The van der Waals surface area contributed by atoms with E-state index in [-0.39, 0.29) is 40.7 Å². The zero-order valence-electron chi connectivity index (χ0n) is 21.2. The van der Waals surface area contributed by atoms with Gasteiger partial charge in [-0.2, -0.15) is 8.78 Å². The summed E-state index contributed by atoms with van der Waals surface area (Å²) in [6, 6.07) is 15.0. The number of esters is 1. The molecule has 0 unspecified atom stereocenters. The highest BCUT2D eigenvalue weighted by atomic mass is 19.3. The maximum absolute atomic E-state index is 13.2. The third-order valence-electron chi connectivity index (χ3n) is 7.37. The summed E-state index contributed by atoms with van der Waals surface area (Å²) in [4.78, 5) is 32.8. The van der Waals surface area contributed by atoms with Gasteiger partial charge in [0, 0.05) is 23.5 Å². The largest absolute Gasteiger partial charge is 0.452 e. The van der Waals surface area contributed by atoms with E-state index in [9.17, 15) is 18.4 Å². The van der Waals surface area contributed by atoms with E-state index in [1.807, 2.05) is 11.0 Å². The number of carbonyl (C=O) groups excluding carboxylic acids is 2. The Bertz CT molecular complexity index is 1340. The lowest BCUT2D eigenvalue weighted by Gasteiger charge is -2.39. The van der Waals surface area contributed by atoms with Gasteiger partial charge in [-0.3, -0.25) is 4.79 Å². The molecule has 1 aliphatic heterocycles. The molecule has 0 radical (unpaired) electrons. The number of pyridine rings is 1. The molecule has 1 saturated carbocycles. The zero-order chi connectivity index (χ0) is 26.4. The molecule has 5 rings (SSSR count). The summed E-state index contributed by atoms with van der Waals surface area (Å²) in [6.45, 7) is 4.18. The van der Waals surface area contributed by atoms with Gasteiger partial charge in [0.15, 0.2) is 6.61 Å². The van der Waals surface area contributed by atoms with Crippen molar-refractivity contribution in [3.63, 3.8) is 0 Å². The molecule has 2 heterocycles. The van der Waals surface area contributed by atoms with Crippen molar-refractivity contribution < 1.29 is 27.8 Å². The molecule has 6 nitrogen and oxygen atoms in total. The van der Waals surface area contributed by atoms with Gasteiger partial charge in [-0.25, -0.2) is 9.78 Å². The van der Waals surface area contributed by atoms with Gasteiger partial charge >= 0.3 is 12.6 Å². The number of likely N-dealkylation sites (tertiary alicyclic amines) is 1. The lowest BCUT2D eigenvalue weighted by molar-refractivity contribution is -0.135. The Hall–Kier alpha value is -3.55. The van der Waals surface area contributed by atoms with Crippen LogP contribution in [0.5, 0.6) is 5.75 Å². The van der Waals surface area contributed by atoms with Crippen molar-refractivity contribution in [2.45, 2.75) is 52.7 Å². The highest BCUT2D eigenvalue weighted by Gasteiger charge is 2.50. The van der Waals surface area contributed by atoms with Gasteiger partial charge in [0.25, 0.3) is 5.91 Å². The van der Waals surface area contributed by atoms with Gasteiger partial charge in [-0.05, 0) is 66.5 Å². The minimum atomic E-state index is -2.91. The second-order valence-electron chi connectivity index (χ2n) is 11.3. The van der Waals surface area contributed by atoms with Crippen molar-refractivity contribution in [2.24, 2.45) is 10.8 Å². The summed E-state index contributed by atoms with van der Waals surface area (Å²) in [5.41, 5.74) is 2.24. The summed E-state index contributed by atoms with van der Waals surface area (Å²) >= 11 is 0. The maximum atomic E-state index is 13.2. The van der Waals surface area contributed by atoms with Gasteiger partial charge in [0.1, 0.15) is 5.75 Å². The lowest BCUT2D eigenvalue weighted by atomic mass is 9.65. The molecule has 37 heavy (non-hydrogen) atoms. The van der Waals surface area contributed by atoms with Crippen LogP contribution in [0.2, 0.25) is 0 Å². The minimum absolute atomic E-state index is 0.0290. The summed E-state index contributed by atoms with van der Waals surface area (Å²) in [7, 11) is 0. The third-order valence-corrected chi connectivity index (χ3v) is 7.37. The highest BCUT2D eigenvalue weighted by molar-refractivity contribution is 6.05. The molecule has 1 aromatic heterocycles. The van der Waals surface area contributed by atoms with Crippen molar-refractivity contribution >= 4 is 22.8 Å². The molecule has 2 fully saturated rings. The van der Waals surface area contributed by atoms with Crippen molar-refractivity contribution in [1.82, 2.24) is 9.88 Å². The molecule has 2 aromatic carbocycles. The first-order chi connectivity index (χ1) is 17.5. The normalized spacial score (nSPS) is 22.3. The van der Waals surface area contributed by atoms with Crippen LogP contribution in [-0.2, 0) is 9.53 Å². The quantitative estimate of drug-likeness (QED) is 0.377. The first-order valence-electron chi connectivity index (χ1n) is 12.4. The molecule has 1 amide bonds. The Morgan fingerprint density at radius 3 is 2.54 bits per heavy atom. The lowest BCUT2D eigenvalue weighted by Crippen LogP contribution is -2.39. The minimum Gasteiger partial charge on any atom is -0.452 e. The highest BCUT2D eigenvalue weighted by Crippen LogP contribution is 2.52. The molecule has 3 aromatic rings.